The van der Waals surface area contributed by atoms with Gasteiger partial charge in [-0.25, -0.2) is 8.42 Å². The van der Waals surface area contributed by atoms with E-state index in [0.29, 0.717) is 25.8 Å². The zero-order chi connectivity index (χ0) is 25.6. The van der Waals surface area contributed by atoms with Gasteiger partial charge in [-0.2, -0.15) is 0 Å². The van der Waals surface area contributed by atoms with Crippen LogP contribution in [-0.4, -0.2) is 50.0 Å². The topological polar surface area (TPSA) is 86.8 Å². The van der Waals surface area contributed by atoms with E-state index in [0.717, 1.165) is 17.0 Å². The van der Waals surface area contributed by atoms with E-state index in [1.807, 2.05) is 13.8 Å². The van der Waals surface area contributed by atoms with Crippen LogP contribution in [0.15, 0.2) is 46.9 Å². The number of amides is 2. The minimum atomic E-state index is -3.79. The van der Waals surface area contributed by atoms with Crippen LogP contribution in [0, 0.1) is 0 Å². The van der Waals surface area contributed by atoms with Gasteiger partial charge in [0.05, 0.1) is 22.0 Å². The zero-order valence-electron chi connectivity index (χ0n) is 19.4. The van der Waals surface area contributed by atoms with Crippen molar-refractivity contribution in [3.63, 3.8) is 0 Å². The Hall–Kier alpha value is -1.81. The van der Waals surface area contributed by atoms with Gasteiger partial charge in [0.1, 0.15) is 12.6 Å². The summed E-state index contributed by atoms with van der Waals surface area (Å²) in [5.41, 5.74) is 0.982. The van der Waals surface area contributed by atoms with E-state index in [2.05, 4.69) is 21.2 Å². The van der Waals surface area contributed by atoms with Crippen LogP contribution in [0.4, 0.5) is 5.69 Å². The lowest BCUT2D eigenvalue weighted by atomic mass is 10.1. The molecule has 186 valence electrons. The van der Waals surface area contributed by atoms with Crippen LogP contribution in [0.1, 0.15) is 32.8 Å². The lowest BCUT2D eigenvalue weighted by Gasteiger charge is -2.32. The first-order valence-corrected chi connectivity index (χ1v) is 14.0. The highest BCUT2D eigenvalue weighted by molar-refractivity contribution is 9.10. The number of nitrogens with one attached hydrogen (secondary N) is 1. The Bertz CT molecular complexity index is 1150. The molecular weight excluding hydrogens is 565 g/mol. The van der Waals surface area contributed by atoms with Crippen LogP contribution < -0.4 is 9.62 Å². The van der Waals surface area contributed by atoms with Crippen molar-refractivity contribution in [2.45, 2.75) is 45.8 Å². The van der Waals surface area contributed by atoms with Crippen LogP contribution in [-0.2, 0) is 26.2 Å². The minimum absolute atomic E-state index is 0.0426. The highest BCUT2D eigenvalue weighted by Crippen LogP contribution is 2.25. The van der Waals surface area contributed by atoms with Gasteiger partial charge in [0, 0.05) is 17.1 Å². The molecular formula is C23H28BrCl2N3O4S. The van der Waals surface area contributed by atoms with Crippen LogP contribution in [0.3, 0.4) is 0 Å². The van der Waals surface area contributed by atoms with Crippen molar-refractivity contribution in [1.82, 2.24) is 10.2 Å². The summed E-state index contributed by atoms with van der Waals surface area (Å²) in [6, 6.07) is 10.6. The van der Waals surface area contributed by atoms with Gasteiger partial charge < -0.3 is 10.2 Å². The summed E-state index contributed by atoms with van der Waals surface area (Å²) in [4.78, 5) is 27.7. The molecule has 0 aromatic heterocycles. The van der Waals surface area contributed by atoms with Gasteiger partial charge >= 0.3 is 0 Å². The molecule has 11 heteroatoms. The standard InChI is InChI=1S/C23H28BrCl2N3O4S/c1-5-15(2)27-23(31)16(3)28(13-17-9-10-20(25)21(26)11-17)22(30)14-29(34(4,32)33)19-8-6-7-18(24)12-19/h6-12,15-16H,5,13-14H2,1-4H3,(H,27,31). The summed E-state index contributed by atoms with van der Waals surface area (Å²) in [6.45, 7) is 4.99. The molecule has 0 saturated carbocycles. The van der Waals surface area contributed by atoms with Crippen LogP contribution in [0.5, 0.6) is 0 Å². The Morgan fingerprint density at radius 1 is 1.09 bits per heavy atom. The summed E-state index contributed by atoms with van der Waals surface area (Å²) in [5, 5.41) is 3.56. The third kappa shape index (κ3) is 7.86. The van der Waals surface area contributed by atoms with E-state index in [9.17, 15) is 18.0 Å². The predicted molar refractivity (Wildman–Crippen MR) is 141 cm³/mol. The predicted octanol–water partition coefficient (Wildman–Crippen LogP) is 4.85. The summed E-state index contributed by atoms with van der Waals surface area (Å²) in [5.74, 6) is -0.876. The monoisotopic (exact) mass is 591 g/mol. The van der Waals surface area contributed by atoms with E-state index in [4.69, 9.17) is 23.2 Å². The second kappa shape index (κ2) is 12.2. The van der Waals surface area contributed by atoms with E-state index < -0.39 is 28.5 Å². The molecule has 0 aliphatic heterocycles. The maximum Gasteiger partial charge on any atom is 0.244 e. The van der Waals surface area contributed by atoms with E-state index in [1.165, 1.54) is 4.90 Å². The van der Waals surface area contributed by atoms with Gasteiger partial charge in [-0.3, -0.25) is 13.9 Å². The number of rotatable bonds is 10. The summed E-state index contributed by atoms with van der Waals surface area (Å²) >= 11 is 15.5. The SMILES string of the molecule is CCC(C)NC(=O)C(C)N(Cc1ccc(Cl)c(Cl)c1)C(=O)CN(c1cccc(Br)c1)S(C)(=O)=O. The van der Waals surface area contributed by atoms with Gasteiger partial charge in [-0.05, 0) is 56.2 Å². The van der Waals surface area contributed by atoms with Crippen molar-refractivity contribution in [3.8, 4) is 0 Å². The minimum Gasteiger partial charge on any atom is -0.352 e. The maximum atomic E-state index is 13.5. The van der Waals surface area contributed by atoms with E-state index >= 15 is 0 Å². The van der Waals surface area contributed by atoms with Gasteiger partial charge in [0.25, 0.3) is 0 Å². The first-order valence-electron chi connectivity index (χ1n) is 10.6. The molecule has 0 fully saturated rings. The fourth-order valence-electron chi connectivity index (χ4n) is 3.13. The largest absolute Gasteiger partial charge is 0.352 e. The lowest BCUT2D eigenvalue weighted by Crippen LogP contribution is -2.52. The Morgan fingerprint density at radius 2 is 1.76 bits per heavy atom. The second-order valence-corrected chi connectivity index (χ2v) is 11.7. The number of nitrogens with zero attached hydrogens (tertiary/aromatic N) is 2. The molecule has 34 heavy (non-hydrogen) atoms. The molecule has 0 bridgehead atoms. The number of sulfonamides is 1. The molecule has 2 unspecified atom stereocenters. The summed E-state index contributed by atoms with van der Waals surface area (Å²) in [7, 11) is -3.79. The molecule has 0 aliphatic carbocycles. The number of benzene rings is 2. The summed E-state index contributed by atoms with van der Waals surface area (Å²) in [6.07, 6.45) is 1.76. The van der Waals surface area contributed by atoms with Crippen molar-refractivity contribution < 1.29 is 18.0 Å². The Labute approximate surface area is 219 Å². The Morgan fingerprint density at radius 3 is 2.32 bits per heavy atom. The molecule has 0 spiro atoms. The van der Waals surface area contributed by atoms with Gasteiger partial charge in [-0.15, -0.1) is 0 Å². The van der Waals surface area contributed by atoms with Crippen LogP contribution in [0.2, 0.25) is 10.0 Å². The maximum absolute atomic E-state index is 13.5. The van der Waals surface area contributed by atoms with Crippen molar-refractivity contribution in [2.24, 2.45) is 0 Å². The highest BCUT2D eigenvalue weighted by Gasteiger charge is 2.30. The van der Waals surface area contributed by atoms with Crippen molar-refractivity contribution in [2.75, 3.05) is 17.1 Å². The number of hydrogen-bond acceptors (Lipinski definition) is 4. The summed E-state index contributed by atoms with van der Waals surface area (Å²) < 4.78 is 26.8. The van der Waals surface area contributed by atoms with E-state index in [-0.39, 0.29) is 18.5 Å². The number of carbonyl (C=O) groups excluding carboxylic acids is 2. The molecule has 0 saturated heterocycles. The third-order valence-electron chi connectivity index (χ3n) is 5.28. The van der Waals surface area contributed by atoms with Gasteiger partial charge in [-0.1, -0.05) is 58.2 Å². The zero-order valence-corrected chi connectivity index (χ0v) is 23.3. The number of anilines is 1. The fraction of sp³-hybridized carbons (Fsp3) is 0.391. The molecule has 2 rings (SSSR count). The first kappa shape index (κ1) is 28.4. The van der Waals surface area contributed by atoms with Crippen LogP contribution in [0.25, 0.3) is 0 Å². The van der Waals surface area contributed by atoms with Gasteiger partial charge in [0.2, 0.25) is 21.8 Å². The first-order chi connectivity index (χ1) is 15.8. The second-order valence-electron chi connectivity index (χ2n) is 8.01. The number of carbonyl (C=O) groups is 2. The Kier molecular flexibility index (Phi) is 10.2. The highest BCUT2D eigenvalue weighted by atomic mass is 79.9. The molecule has 2 aromatic rings. The molecule has 7 nitrogen and oxygen atoms in total. The smallest absolute Gasteiger partial charge is 0.244 e. The molecule has 0 radical (unpaired) electrons. The molecule has 0 heterocycles. The number of halogens is 3. The normalized spacial score (nSPS) is 13.1. The fourth-order valence-corrected chi connectivity index (χ4v) is 4.68. The quantitative estimate of drug-likeness (QED) is 0.427. The molecule has 2 aromatic carbocycles. The molecule has 1 N–H and O–H groups in total. The average Bonchev–Trinajstić information content (AvgIpc) is 2.76. The number of hydrogen-bond donors (Lipinski definition) is 1. The lowest BCUT2D eigenvalue weighted by molar-refractivity contribution is -0.139. The van der Waals surface area contributed by atoms with Crippen molar-refractivity contribution in [1.29, 1.82) is 0 Å². The molecule has 0 aliphatic rings. The van der Waals surface area contributed by atoms with Crippen LogP contribution >= 0.6 is 39.1 Å². The Balaban J connectivity index is 2.41. The third-order valence-corrected chi connectivity index (χ3v) is 7.65. The van der Waals surface area contributed by atoms with Gasteiger partial charge in [0.15, 0.2) is 0 Å². The average molecular weight is 593 g/mol. The molecule has 2 atom stereocenters. The van der Waals surface area contributed by atoms with E-state index in [1.54, 1.807) is 49.4 Å². The molecule has 2 amide bonds. The van der Waals surface area contributed by atoms with Crippen molar-refractivity contribution in [3.05, 3.63) is 62.5 Å². The van der Waals surface area contributed by atoms with Crippen molar-refractivity contribution >= 4 is 66.7 Å².